The van der Waals surface area contributed by atoms with Crippen molar-refractivity contribution in [1.82, 2.24) is 35.4 Å². The number of aromatic amines is 1. The maximum atomic E-state index is 12.8. The molecular formula is C27H28N8O2. The number of anilines is 1. The lowest BCUT2D eigenvalue weighted by Crippen LogP contribution is -2.30. The number of nitrogens with zero attached hydrogens (tertiary/aromatic N) is 4. The second-order valence-electron chi connectivity index (χ2n) is 9.21. The highest BCUT2D eigenvalue weighted by atomic mass is 16.5. The van der Waals surface area contributed by atoms with Crippen molar-refractivity contribution < 1.29 is 9.53 Å². The number of rotatable bonds is 6. The molecular weight excluding hydrogens is 468 g/mol. The summed E-state index contributed by atoms with van der Waals surface area (Å²) in [5.74, 6) is 0.863. The zero-order chi connectivity index (χ0) is 25.4. The summed E-state index contributed by atoms with van der Waals surface area (Å²) in [5, 5.41) is 13.1. The Morgan fingerprint density at radius 1 is 1.16 bits per heavy atom. The van der Waals surface area contributed by atoms with Crippen molar-refractivity contribution in [2.45, 2.75) is 25.4 Å². The van der Waals surface area contributed by atoms with E-state index in [1.807, 2.05) is 53.2 Å². The molecule has 3 aromatic heterocycles. The Balaban J connectivity index is 1.29. The van der Waals surface area contributed by atoms with E-state index < -0.39 is 0 Å². The number of hydrogen-bond acceptors (Lipinski definition) is 7. The zero-order valence-electron chi connectivity index (χ0n) is 20.5. The predicted molar refractivity (Wildman–Crippen MR) is 142 cm³/mol. The Morgan fingerprint density at radius 2 is 2.00 bits per heavy atom. The van der Waals surface area contributed by atoms with Crippen LogP contribution in [0.5, 0.6) is 5.75 Å². The molecule has 4 heterocycles. The van der Waals surface area contributed by atoms with E-state index >= 15 is 0 Å². The Hall–Kier alpha value is -4.44. The molecule has 1 aliphatic rings. The molecule has 5 aromatic rings. The van der Waals surface area contributed by atoms with E-state index in [1.54, 1.807) is 7.11 Å². The number of nitrogens with one attached hydrogen (secondary N) is 3. The summed E-state index contributed by atoms with van der Waals surface area (Å²) in [6.07, 6.45) is 3.43. The number of methoxy groups -OCH3 is 1. The lowest BCUT2D eigenvalue weighted by Gasteiger charge is -2.23. The highest BCUT2D eigenvalue weighted by molar-refractivity contribution is 5.99. The van der Waals surface area contributed by atoms with Gasteiger partial charge in [-0.1, -0.05) is 30.3 Å². The molecule has 1 amide bonds. The maximum Gasteiger partial charge on any atom is 0.267 e. The lowest BCUT2D eigenvalue weighted by atomic mass is 10.1. The summed E-state index contributed by atoms with van der Waals surface area (Å²) in [5.41, 5.74) is 10.9. The van der Waals surface area contributed by atoms with Gasteiger partial charge in [-0.15, -0.1) is 0 Å². The van der Waals surface area contributed by atoms with E-state index in [1.165, 1.54) is 6.33 Å². The van der Waals surface area contributed by atoms with Crippen molar-refractivity contribution in [2.75, 3.05) is 25.9 Å². The predicted octanol–water partition coefficient (Wildman–Crippen LogP) is 3.42. The van der Waals surface area contributed by atoms with Crippen LogP contribution in [0.2, 0.25) is 0 Å². The van der Waals surface area contributed by atoms with Crippen LogP contribution in [0.25, 0.3) is 33.2 Å². The smallest absolute Gasteiger partial charge is 0.267 e. The van der Waals surface area contributed by atoms with Crippen molar-refractivity contribution in [2.24, 2.45) is 0 Å². The first-order valence-corrected chi connectivity index (χ1v) is 12.3. The zero-order valence-corrected chi connectivity index (χ0v) is 20.5. The number of amides is 1. The van der Waals surface area contributed by atoms with Gasteiger partial charge in [-0.25, -0.2) is 14.6 Å². The molecule has 1 fully saturated rings. The second-order valence-corrected chi connectivity index (χ2v) is 9.21. The fraction of sp³-hybridized carbons (Fsp3) is 0.259. The molecule has 1 aliphatic heterocycles. The molecule has 0 bridgehead atoms. The highest BCUT2D eigenvalue weighted by Gasteiger charge is 2.24. The van der Waals surface area contributed by atoms with Crippen LogP contribution in [0.15, 0.2) is 54.9 Å². The molecule has 0 aliphatic carbocycles. The molecule has 37 heavy (non-hydrogen) atoms. The van der Waals surface area contributed by atoms with Gasteiger partial charge in [0.1, 0.15) is 29.3 Å². The number of carbonyl (C=O) groups is 1. The molecule has 10 nitrogen and oxygen atoms in total. The average Bonchev–Trinajstić information content (AvgIpc) is 3.55. The van der Waals surface area contributed by atoms with Gasteiger partial charge in [-0.05, 0) is 44.1 Å². The molecule has 188 valence electrons. The monoisotopic (exact) mass is 496 g/mol. The molecule has 0 radical (unpaired) electrons. The molecule has 6 rings (SSSR count). The van der Waals surface area contributed by atoms with E-state index in [-0.39, 0.29) is 11.9 Å². The number of carbonyl (C=O) groups excluding carboxylic acids is 1. The Kier molecular flexibility index (Phi) is 5.93. The van der Waals surface area contributed by atoms with Gasteiger partial charge < -0.3 is 26.1 Å². The van der Waals surface area contributed by atoms with Crippen LogP contribution >= 0.6 is 0 Å². The first-order chi connectivity index (χ1) is 18.1. The standard InChI is InChI=1S/C27H28N8O2/c1-37-22-13-17(6-7-18(22)14-30-27(36)21-12-16-4-2-3-5-20(16)33-21)24-23-25(28)31-15-32-26(23)35(34-24)19-8-10-29-11-9-19/h2-7,12-13,15,19,29,33H,8-11,14H2,1H3,(H,30,36)(H2,28,31,32). The number of H-pyrrole nitrogens is 1. The summed E-state index contributed by atoms with van der Waals surface area (Å²) >= 11 is 0. The minimum Gasteiger partial charge on any atom is -0.496 e. The molecule has 0 unspecified atom stereocenters. The van der Waals surface area contributed by atoms with Crippen molar-refractivity contribution in [3.05, 3.63) is 66.1 Å². The first kappa shape index (κ1) is 23.0. The molecule has 0 atom stereocenters. The average molecular weight is 497 g/mol. The van der Waals surface area contributed by atoms with E-state index in [2.05, 4.69) is 25.6 Å². The maximum absolute atomic E-state index is 12.8. The summed E-state index contributed by atoms with van der Waals surface area (Å²) in [6.45, 7) is 2.19. The van der Waals surface area contributed by atoms with E-state index in [0.29, 0.717) is 23.8 Å². The number of nitrogen functional groups attached to an aromatic ring is 1. The second kappa shape index (κ2) is 9.55. The van der Waals surface area contributed by atoms with Gasteiger partial charge >= 0.3 is 0 Å². The Bertz CT molecular complexity index is 1570. The third kappa shape index (κ3) is 4.25. The number of ether oxygens (including phenoxy) is 1. The molecule has 1 saturated heterocycles. The van der Waals surface area contributed by atoms with Gasteiger partial charge in [-0.2, -0.15) is 5.10 Å². The Labute approximate surface area is 213 Å². The van der Waals surface area contributed by atoms with Gasteiger partial charge in [0.05, 0.1) is 18.5 Å². The van der Waals surface area contributed by atoms with E-state index in [4.69, 9.17) is 15.6 Å². The quantitative estimate of drug-likeness (QED) is 0.283. The fourth-order valence-corrected chi connectivity index (χ4v) is 5.01. The number of piperidine rings is 1. The third-order valence-electron chi connectivity index (χ3n) is 6.95. The molecule has 10 heteroatoms. The number of hydrogen-bond donors (Lipinski definition) is 4. The third-order valence-corrected chi connectivity index (χ3v) is 6.95. The number of nitrogens with two attached hydrogens (primary N) is 1. The van der Waals surface area contributed by atoms with Crippen LogP contribution in [0.1, 0.15) is 34.9 Å². The lowest BCUT2D eigenvalue weighted by molar-refractivity contribution is 0.0946. The topological polar surface area (TPSA) is 136 Å². The SMILES string of the molecule is COc1cc(-c2nn(C3CCNCC3)c3ncnc(N)c23)ccc1CNC(=O)c1cc2ccccc2[nH]1. The molecule has 5 N–H and O–H groups in total. The normalized spacial score (nSPS) is 14.3. The minimum absolute atomic E-state index is 0.182. The van der Waals surface area contributed by atoms with Crippen molar-refractivity contribution in [3.8, 4) is 17.0 Å². The molecule has 0 saturated carbocycles. The van der Waals surface area contributed by atoms with E-state index in [0.717, 1.165) is 64.7 Å². The number of benzene rings is 2. The van der Waals surface area contributed by atoms with Crippen LogP contribution in [0, 0.1) is 0 Å². The fourth-order valence-electron chi connectivity index (χ4n) is 5.01. The van der Waals surface area contributed by atoms with Crippen LogP contribution in [-0.2, 0) is 6.54 Å². The minimum atomic E-state index is -0.182. The number of fused-ring (bicyclic) bond motifs is 2. The van der Waals surface area contributed by atoms with Crippen molar-refractivity contribution in [3.63, 3.8) is 0 Å². The number of aromatic nitrogens is 5. The first-order valence-electron chi connectivity index (χ1n) is 12.3. The largest absolute Gasteiger partial charge is 0.496 e. The summed E-state index contributed by atoms with van der Waals surface area (Å²) in [7, 11) is 1.62. The van der Waals surface area contributed by atoms with Crippen molar-refractivity contribution >= 4 is 33.7 Å². The van der Waals surface area contributed by atoms with Gasteiger partial charge in [-0.3, -0.25) is 4.79 Å². The van der Waals surface area contributed by atoms with Crippen molar-refractivity contribution in [1.29, 1.82) is 0 Å². The molecule has 0 spiro atoms. The highest BCUT2D eigenvalue weighted by Crippen LogP contribution is 2.35. The van der Waals surface area contributed by atoms with Gasteiger partial charge in [0.25, 0.3) is 5.91 Å². The van der Waals surface area contributed by atoms with E-state index in [9.17, 15) is 4.79 Å². The van der Waals surface area contributed by atoms with Gasteiger partial charge in [0.2, 0.25) is 0 Å². The Morgan fingerprint density at radius 3 is 2.81 bits per heavy atom. The summed E-state index contributed by atoms with van der Waals surface area (Å²) in [6, 6.07) is 15.7. The number of para-hydroxylation sites is 1. The van der Waals surface area contributed by atoms with Crippen LogP contribution in [-0.4, -0.2) is 50.8 Å². The van der Waals surface area contributed by atoms with Crippen LogP contribution in [0.3, 0.4) is 0 Å². The molecule has 2 aromatic carbocycles. The van der Waals surface area contributed by atoms with Crippen LogP contribution < -0.4 is 21.1 Å². The summed E-state index contributed by atoms with van der Waals surface area (Å²) < 4.78 is 7.69. The van der Waals surface area contributed by atoms with Gasteiger partial charge in [0.15, 0.2) is 5.65 Å². The summed E-state index contributed by atoms with van der Waals surface area (Å²) in [4.78, 5) is 24.7. The van der Waals surface area contributed by atoms with Crippen LogP contribution in [0.4, 0.5) is 5.82 Å². The van der Waals surface area contributed by atoms with Gasteiger partial charge in [0, 0.05) is 28.6 Å².